The molecule has 1 aromatic rings. The lowest BCUT2D eigenvalue weighted by Crippen LogP contribution is -2.22. The normalized spacial score (nSPS) is 9.07. The van der Waals surface area contributed by atoms with Gasteiger partial charge in [0.2, 0.25) is 0 Å². The molecule has 0 saturated carbocycles. The lowest BCUT2D eigenvalue weighted by atomic mass is 10.2. The number of nitriles is 1. The van der Waals surface area contributed by atoms with Crippen molar-refractivity contribution >= 4 is 5.91 Å². The van der Waals surface area contributed by atoms with Crippen LogP contribution in [0.3, 0.4) is 0 Å². The van der Waals surface area contributed by atoms with Crippen LogP contribution in [0.1, 0.15) is 29.4 Å². The van der Waals surface area contributed by atoms with Gasteiger partial charge in [-0.05, 0) is 18.6 Å². The van der Waals surface area contributed by atoms with Crippen molar-refractivity contribution in [1.82, 2.24) is 10.3 Å². The fraction of sp³-hybridized carbons (Fsp3) is 0.182. The zero-order valence-corrected chi connectivity index (χ0v) is 8.45. The molecule has 1 heterocycles. The Labute approximate surface area is 88.3 Å². The van der Waals surface area contributed by atoms with Gasteiger partial charge in [-0.3, -0.25) is 9.78 Å². The number of aromatic nitrogens is 1. The molecule has 0 aromatic carbocycles. The molecule has 0 aliphatic carbocycles. The lowest BCUT2D eigenvalue weighted by molar-refractivity contribution is 0.0960. The Kier molecular flexibility index (Phi) is 3.58. The first-order chi connectivity index (χ1) is 7.17. The van der Waals surface area contributed by atoms with Gasteiger partial charge < -0.3 is 5.32 Å². The van der Waals surface area contributed by atoms with E-state index >= 15 is 0 Å². The Bertz CT molecular complexity index is 432. The van der Waals surface area contributed by atoms with Crippen LogP contribution in [0.15, 0.2) is 30.6 Å². The van der Waals surface area contributed by atoms with E-state index in [0.717, 1.165) is 0 Å². The van der Waals surface area contributed by atoms with Gasteiger partial charge in [-0.15, -0.1) is 0 Å². The predicted octanol–water partition coefficient (Wildman–Crippen LogP) is 1.61. The van der Waals surface area contributed by atoms with E-state index in [4.69, 9.17) is 5.26 Å². The molecule has 1 rings (SSSR count). The quantitative estimate of drug-likeness (QED) is 0.807. The Morgan fingerprint density at radius 1 is 1.73 bits per heavy atom. The molecule has 0 spiro atoms. The van der Waals surface area contributed by atoms with Crippen LogP contribution in [0.2, 0.25) is 0 Å². The van der Waals surface area contributed by atoms with Crippen LogP contribution in [0.25, 0.3) is 0 Å². The number of hydrogen-bond donors (Lipinski definition) is 1. The summed E-state index contributed by atoms with van der Waals surface area (Å²) >= 11 is 0. The van der Waals surface area contributed by atoms with Crippen molar-refractivity contribution < 1.29 is 4.79 Å². The van der Waals surface area contributed by atoms with Gasteiger partial charge in [0.25, 0.3) is 5.91 Å². The van der Waals surface area contributed by atoms with Crippen molar-refractivity contribution in [2.45, 2.75) is 13.3 Å². The van der Waals surface area contributed by atoms with Gasteiger partial charge in [-0.2, -0.15) is 5.26 Å². The molecule has 0 atom stereocenters. The van der Waals surface area contributed by atoms with Gasteiger partial charge in [-0.25, -0.2) is 0 Å². The van der Waals surface area contributed by atoms with E-state index in [-0.39, 0.29) is 11.6 Å². The summed E-state index contributed by atoms with van der Waals surface area (Å²) in [6, 6.07) is 4.94. The van der Waals surface area contributed by atoms with E-state index in [1.807, 2.05) is 13.0 Å². The molecule has 0 bridgehead atoms. The third-order valence-electron chi connectivity index (χ3n) is 1.84. The SMILES string of the molecule is C=C(CC)NC(=O)c1cc(C#N)ccn1. The minimum absolute atomic E-state index is 0.226. The van der Waals surface area contributed by atoms with E-state index in [2.05, 4.69) is 16.9 Å². The van der Waals surface area contributed by atoms with Crippen LogP contribution < -0.4 is 5.32 Å². The smallest absolute Gasteiger partial charge is 0.274 e. The molecule has 1 amide bonds. The summed E-state index contributed by atoms with van der Waals surface area (Å²) < 4.78 is 0. The maximum absolute atomic E-state index is 11.5. The van der Waals surface area contributed by atoms with Crippen molar-refractivity contribution in [1.29, 1.82) is 5.26 Å². The average Bonchev–Trinajstić information content (AvgIpc) is 2.28. The molecule has 15 heavy (non-hydrogen) atoms. The molecule has 4 nitrogen and oxygen atoms in total. The Balaban J connectivity index is 2.83. The van der Waals surface area contributed by atoms with Gasteiger partial charge in [0.05, 0.1) is 11.6 Å². The molecule has 0 unspecified atom stereocenters. The predicted molar refractivity (Wildman–Crippen MR) is 55.8 cm³/mol. The summed E-state index contributed by atoms with van der Waals surface area (Å²) in [7, 11) is 0. The number of hydrogen-bond acceptors (Lipinski definition) is 3. The highest BCUT2D eigenvalue weighted by Gasteiger charge is 2.07. The van der Waals surface area contributed by atoms with Crippen LogP contribution in [0.4, 0.5) is 0 Å². The third-order valence-corrected chi connectivity index (χ3v) is 1.84. The van der Waals surface area contributed by atoms with Gasteiger partial charge in [0.1, 0.15) is 5.69 Å². The van der Waals surface area contributed by atoms with Crippen molar-refractivity contribution in [3.63, 3.8) is 0 Å². The highest BCUT2D eigenvalue weighted by molar-refractivity contribution is 5.93. The fourth-order valence-electron chi connectivity index (χ4n) is 0.937. The van der Waals surface area contributed by atoms with Crippen LogP contribution in [-0.4, -0.2) is 10.9 Å². The molecule has 0 fully saturated rings. The van der Waals surface area contributed by atoms with Crippen molar-refractivity contribution in [2.24, 2.45) is 0 Å². The summed E-state index contributed by atoms with van der Waals surface area (Å²) in [6.45, 7) is 5.55. The van der Waals surface area contributed by atoms with E-state index in [1.54, 1.807) is 6.07 Å². The highest BCUT2D eigenvalue weighted by atomic mass is 16.1. The summed E-state index contributed by atoms with van der Waals surface area (Å²) in [4.78, 5) is 15.4. The second kappa shape index (κ2) is 4.91. The molecule has 76 valence electrons. The van der Waals surface area contributed by atoms with E-state index in [1.165, 1.54) is 12.3 Å². The minimum Gasteiger partial charge on any atom is -0.325 e. The monoisotopic (exact) mass is 201 g/mol. The lowest BCUT2D eigenvalue weighted by Gasteiger charge is -2.04. The Hall–Kier alpha value is -2.15. The second-order valence-corrected chi connectivity index (χ2v) is 2.95. The molecular weight excluding hydrogens is 190 g/mol. The maximum Gasteiger partial charge on any atom is 0.274 e. The molecule has 4 heteroatoms. The third kappa shape index (κ3) is 2.92. The summed E-state index contributed by atoms with van der Waals surface area (Å²) in [5, 5.41) is 11.2. The van der Waals surface area contributed by atoms with Gasteiger partial charge >= 0.3 is 0 Å². The maximum atomic E-state index is 11.5. The number of pyridine rings is 1. The molecule has 0 saturated heterocycles. The minimum atomic E-state index is -0.334. The van der Waals surface area contributed by atoms with Crippen LogP contribution in [-0.2, 0) is 0 Å². The standard InChI is InChI=1S/C11H11N3O/c1-3-8(2)14-11(15)10-6-9(7-12)4-5-13-10/h4-6H,2-3H2,1H3,(H,14,15). The highest BCUT2D eigenvalue weighted by Crippen LogP contribution is 2.01. The largest absolute Gasteiger partial charge is 0.325 e. The number of amides is 1. The first kappa shape index (κ1) is 10.9. The zero-order valence-electron chi connectivity index (χ0n) is 8.45. The van der Waals surface area contributed by atoms with Gasteiger partial charge in [0, 0.05) is 11.9 Å². The molecule has 0 aliphatic rings. The first-order valence-electron chi connectivity index (χ1n) is 4.52. The summed E-state index contributed by atoms with van der Waals surface area (Å²) in [5.41, 5.74) is 1.27. The molecular formula is C11H11N3O. The van der Waals surface area contributed by atoms with Crippen LogP contribution in [0.5, 0.6) is 0 Å². The first-order valence-corrected chi connectivity index (χ1v) is 4.52. The van der Waals surface area contributed by atoms with Gasteiger partial charge in [-0.1, -0.05) is 13.5 Å². The number of allylic oxidation sites excluding steroid dienone is 1. The fourth-order valence-corrected chi connectivity index (χ4v) is 0.937. The van der Waals surface area contributed by atoms with E-state index in [0.29, 0.717) is 17.7 Å². The Morgan fingerprint density at radius 3 is 3.07 bits per heavy atom. The number of rotatable bonds is 3. The van der Waals surface area contributed by atoms with Crippen molar-refractivity contribution in [3.05, 3.63) is 41.9 Å². The van der Waals surface area contributed by atoms with Crippen LogP contribution in [0, 0.1) is 11.3 Å². The topological polar surface area (TPSA) is 65.8 Å². The van der Waals surface area contributed by atoms with E-state index < -0.39 is 0 Å². The molecule has 1 aromatic heterocycles. The number of carbonyl (C=O) groups excluding carboxylic acids is 1. The molecule has 1 N–H and O–H groups in total. The van der Waals surface area contributed by atoms with Crippen LogP contribution >= 0.6 is 0 Å². The number of carbonyl (C=O) groups is 1. The second-order valence-electron chi connectivity index (χ2n) is 2.95. The summed E-state index contributed by atoms with van der Waals surface area (Å²) in [5.74, 6) is -0.334. The molecule has 0 aliphatic heterocycles. The van der Waals surface area contributed by atoms with E-state index in [9.17, 15) is 4.79 Å². The Morgan fingerprint density at radius 2 is 2.47 bits per heavy atom. The average molecular weight is 201 g/mol. The van der Waals surface area contributed by atoms with Crippen molar-refractivity contribution in [3.8, 4) is 6.07 Å². The number of nitrogens with one attached hydrogen (secondary N) is 1. The van der Waals surface area contributed by atoms with Crippen molar-refractivity contribution in [2.75, 3.05) is 0 Å². The zero-order chi connectivity index (χ0) is 11.3. The summed E-state index contributed by atoms with van der Waals surface area (Å²) in [6.07, 6.45) is 2.10. The molecule has 0 radical (unpaired) electrons. The number of nitrogens with zero attached hydrogens (tertiary/aromatic N) is 2. The van der Waals surface area contributed by atoms with Gasteiger partial charge in [0.15, 0.2) is 0 Å².